The average molecular weight is 2540 g/mol. The lowest BCUT2D eigenvalue weighted by Gasteiger charge is -2.32. The lowest BCUT2D eigenvalue weighted by atomic mass is 9.99. The summed E-state index contributed by atoms with van der Waals surface area (Å²) in [6.45, 7) is 36.5. The number of alkyl halides is 26. The van der Waals surface area contributed by atoms with Gasteiger partial charge in [0.25, 0.3) is 8.60 Å². The molecule has 0 aliphatic rings. The van der Waals surface area contributed by atoms with Crippen molar-refractivity contribution in [3.05, 3.63) is 0 Å². The highest BCUT2D eigenvalue weighted by atomic mass is 80.0. The van der Waals surface area contributed by atoms with Crippen LogP contribution in [0.2, 0.25) is 58.9 Å². The van der Waals surface area contributed by atoms with Gasteiger partial charge in [-0.15, -0.1) is 0 Å². The topological polar surface area (TPSA) is 166 Å². The second-order valence-electron chi connectivity index (χ2n) is 26.5. The molecule has 0 spiro atoms. The lowest BCUT2D eigenvalue weighted by molar-refractivity contribution is -0.175. The molecule has 0 fully saturated rings. The normalized spacial score (nSPS) is 14.3. The van der Waals surface area contributed by atoms with Crippen LogP contribution in [0.4, 0.5) is 76.5 Å². The van der Waals surface area contributed by atoms with Gasteiger partial charge in [0.15, 0.2) is 49.1 Å². The van der Waals surface area contributed by atoms with Crippen LogP contribution in [0.3, 0.4) is 0 Å². The van der Waals surface area contributed by atoms with E-state index in [2.05, 4.69) is 275 Å². The van der Waals surface area contributed by atoms with Crippen molar-refractivity contribution in [2.24, 2.45) is 16.2 Å². The highest BCUT2D eigenvalue weighted by Gasteiger charge is 2.57. The fourth-order valence-electron chi connectivity index (χ4n) is 3.40. The molecule has 65 heteroatoms. The van der Waals surface area contributed by atoms with Gasteiger partial charge in [-0.05, 0) is 82.1 Å². The molecule has 660 valence electrons. The van der Waals surface area contributed by atoms with Gasteiger partial charge in [0.2, 0.25) is 11.4 Å². The van der Waals surface area contributed by atoms with Crippen LogP contribution in [-0.4, -0.2) is 170 Å². The van der Waals surface area contributed by atoms with E-state index in [1.54, 1.807) is 0 Å². The van der Waals surface area contributed by atoms with E-state index < -0.39 is 159 Å². The van der Waals surface area contributed by atoms with Crippen molar-refractivity contribution in [1.29, 1.82) is 0 Å². The van der Waals surface area contributed by atoms with E-state index in [9.17, 15) is 76.5 Å². The summed E-state index contributed by atoms with van der Waals surface area (Å²) >= 11 is 76.5. The highest BCUT2D eigenvalue weighted by Crippen LogP contribution is 2.53. The molecule has 0 aliphatic carbocycles. The van der Waals surface area contributed by atoms with E-state index in [0.29, 0.717) is 39.6 Å². The summed E-state index contributed by atoms with van der Waals surface area (Å²) in [7, 11) is -39.9. The zero-order chi connectivity index (χ0) is 87.7. The Hall–Kier alpha value is 8.35. The van der Waals surface area contributed by atoms with Crippen molar-refractivity contribution in [2.45, 2.75) is 166 Å². The Labute approximate surface area is 745 Å². The predicted molar refractivity (Wildman–Crippen MR) is 439 cm³/mol. The van der Waals surface area contributed by atoms with E-state index in [0.717, 1.165) is 0 Å². The monoisotopic (exact) mass is 2530 g/mol. The molecule has 0 aromatic rings. The van der Waals surface area contributed by atoms with Gasteiger partial charge in [0.1, 0.15) is 23.1 Å². The summed E-state index contributed by atoms with van der Waals surface area (Å²) in [5.74, 6) is 0. The third-order valence-electron chi connectivity index (χ3n) is 6.48. The molecule has 0 N–H and O–H groups in total. The van der Waals surface area contributed by atoms with Gasteiger partial charge in [0, 0.05) is 0 Å². The molecule has 0 unspecified atom stereocenters. The van der Waals surface area contributed by atoms with Crippen LogP contribution in [0.25, 0.3) is 0 Å². The van der Waals surface area contributed by atoms with Crippen molar-refractivity contribution in [2.75, 3.05) is 79.3 Å². The molecular formula is C43H81Br8Cl9F18O18P6Si6. The minimum absolute atomic E-state index is 0.122. The molecule has 0 radical (unpaired) electrons. The Morgan fingerprint density at radius 1 is 0.241 bits per heavy atom. The van der Waals surface area contributed by atoms with E-state index in [-0.39, 0.29) is 39.3 Å². The molecule has 0 saturated heterocycles. The summed E-state index contributed by atoms with van der Waals surface area (Å²) in [4.78, 5) is 0. The van der Waals surface area contributed by atoms with Crippen molar-refractivity contribution in [3.8, 4) is 0 Å². The smallest absolute Gasteiger partial charge is 0.356 e. The lowest BCUT2D eigenvalue weighted by Crippen LogP contribution is -2.32. The summed E-state index contributed by atoms with van der Waals surface area (Å²) in [5.41, 5.74) is 0.365. The Morgan fingerprint density at radius 2 is 0.398 bits per heavy atom. The molecule has 0 amide bonds. The first-order chi connectivity index (χ1) is 46.7. The molecule has 0 aliphatic heterocycles. The summed E-state index contributed by atoms with van der Waals surface area (Å²) < 4.78 is 289. The summed E-state index contributed by atoms with van der Waals surface area (Å²) in [6.07, 6.45) is -14.8. The van der Waals surface area contributed by atoms with Crippen molar-refractivity contribution >= 4 is 336 Å². The quantitative estimate of drug-likeness (QED) is 0.0189. The van der Waals surface area contributed by atoms with Gasteiger partial charge >= 0.3 is 89.5 Å². The van der Waals surface area contributed by atoms with Gasteiger partial charge < -0.3 is 66.9 Å². The SMILES string of the molecule is CC(Br)(Br)COP(OCC(Br)(Br)Br)OCC(Br)(Br)Br.CC(C)(C)COP(OCC(C)(C)C)OCC(C)(C)C.C[Si](C)(C)OP(O[Si](C)(C)C)O[Si](C)(C)C.ClC(Cl)(Cl)COP(OCC(Cl)(Cl)Cl)OCC(Cl)(Cl)Cl.FC(F)(F)COP(OCC(F)(F)F)OCC(F)(F)F.F[Si](F)(F)OP(O[Si](F)(F)F)O[Si](F)(F)F. The molecule has 0 aromatic carbocycles. The Kier molecular flexibility index (Phi) is 65.7. The summed E-state index contributed by atoms with van der Waals surface area (Å²) in [6, 6.07) is 0. The number of hydrogen-bond donors (Lipinski definition) is 0. The molecule has 108 heavy (non-hydrogen) atoms. The van der Waals surface area contributed by atoms with Gasteiger partial charge in [-0.2, -0.15) is 39.5 Å². The largest absolute Gasteiger partial charge is 0.809 e. The number of hydrogen-bond acceptors (Lipinski definition) is 18. The zero-order valence-corrected chi connectivity index (χ0v) is 90.6. The number of halogens is 35. The first kappa shape index (κ1) is 127. The van der Waals surface area contributed by atoms with Crippen molar-refractivity contribution in [1.82, 2.24) is 0 Å². The minimum atomic E-state index is -7.10. The van der Waals surface area contributed by atoms with E-state index >= 15 is 0 Å². The van der Waals surface area contributed by atoms with Crippen LogP contribution in [0.1, 0.15) is 69.2 Å². The maximum atomic E-state index is 11.7. The maximum absolute atomic E-state index is 11.7. The molecule has 18 nitrogen and oxygen atoms in total. The molecule has 0 saturated carbocycles. The van der Waals surface area contributed by atoms with Crippen LogP contribution in [0.15, 0.2) is 0 Å². The second-order valence-corrected chi connectivity index (χ2v) is 78.7. The Balaban J connectivity index is -0.000000289. The molecular weight excluding hydrogens is 2460 g/mol. The van der Waals surface area contributed by atoms with Crippen LogP contribution >= 0.6 is 283 Å². The van der Waals surface area contributed by atoms with E-state index in [1.165, 1.54) is 0 Å². The van der Waals surface area contributed by atoms with Crippen molar-refractivity contribution in [3.63, 3.8) is 0 Å². The molecule has 0 aromatic heterocycles. The van der Waals surface area contributed by atoms with E-state index in [1.807, 2.05) is 6.92 Å². The highest BCUT2D eigenvalue weighted by molar-refractivity contribution is 9.39. The first-order valence-corrected chi connectivity index (χ1v) is 59.5. The van der Waals surface area contributed by atoms with Crippen LogP contribution in [0, 0.1) is 16.2 Å². The fraction of sp³-hybridized carbons (Fsp3) is 1.00. The molecule has 0 heterocycles. The first-order valence-electron chi connectivity index (χ1n) is 28.3. The zero-order valence-electron chi connectivity index (χ0n) is 59.7. The van der Waals surface area contributed by atoms with E-state index in [4.69, 9.17) is 158 Å². The average Bonchev–Trinajstić information content (AvgIpc) is 0.871. The fourth-order valence-corrected chi connectivity index (χ4v) is 22.2. The third kappa shape index (κ3) is 121. The van der Waals surface area contributed by atoms with Crippen molar-refractivity contribution < 1.29 is 156 Å². The van der Waals surface area contributed by atoms with Crippen LogP contribution in [0.5, 0.6) is 0 Å². The summed E-state index contributed by atoms with van der Waals surface area (Å²) in [5, 5.41) is 0. The Morgan fingerprint density at radius 3 is 0.537 bits per heavy atom. The molecule has 0 atom stereocenters. The molecule has 0 rings (SSSR count). The van der Waals surface area contributed by atoms with Crippen LogP contribution in [-0.2, 0) is 79.6 Å². The number of rotatable bonds is 37. The predicted octanol–water partition coefficient (Wildman–Crippen LogP) is 31.2. The maximum Gasteiger partial charge on any atom is 0.809 e. The standard InChI is InChI=1S/C15H33O3P.C9H27O3PSi3.C7H9Br8O3P.C6H6Cl9O3P.C6H6F9O3P.F9O3PSi3/c1-13(2,3)10-16-19(17-11-14(4,5)6)18-12-15(7,8)9;1-14(2,3)10-13(11-15(4,5)6)12-16(7,8)9;1-5(8,9)2-16-19(17-3-6(10,11)12)18-4-7(13,14)15;2*7-4(8,9)1-16-19(17-2-5(10,11)12)18-3-6(13,14)15;1-14(2,3)10-13(11-15(4,5)6)12-16(7,8)9/h10-12H2,1-9H3;1-9H3;2-4H2,1H3;2*1-3H2;. The third-order valence-corrected chi connectivity index (χ3v) is 26.0. The van der Waals surface area contributed by atoms with Gasteiger partial charge in [-0.1, -0.05) is 294 Å². The Bertz CT molecular complexity index is 1850. The molecule has 0 bridgehead atoms. The van der Waals surface area contributed by atoms with Crippen LogP contribution < -0.4 is 0 Å². The van der Waals surface area contributed by atoms with Gasteiger partial charge in [0.05, 0.1) is 39.6 Å². The van der Waals surface area contributed by atoms with Gasteiger partial charge in [-0.25, -0.2) is 37.0 Å². The minimum Gasteiger partial charge on any atom is -0.356 e. The van der Waals surface area contributed by atoms with Gasteiger partial charge in [-0.3, -0.25) is 12.6 Å². The second kappa shape index (κ2) is 55.8.